The van der Waals surface area contributed by atoms with Crippen LogP contribution in [-0.4, -0.2) is 4.98 Å². The number of halogens is 1. The van der Waals surface area contributed by atoms with Gasteiger partial charge in [0, 0.05) is 16.6 Å². The van der Waals surface area contributed by atoms with Crippen LogP contribution in [0.2, 0.25) is 0 Å². The molecule has 0 aliphatic rings. The number of hydrogen-bond donors (Lipinski definition) is 1. The Morgan fingerprint density at radius 1 is 1.04 bits per heavy atom. The number of aromatic nitrogens is 1. The van der Waals surface area contributed by atoms with E-state index in [9.17, 15) is 4.79 Å². The minimum atomic E-state index is 0.0618. The van der Waals surface area contributed by atoms with Crippen molar-refractivity contribution in [3.05, 3.63) is 80.0 Å². The topological polar surface area (TPSA) is 42.1 Å². The molecule has 0 spiro atoms. The van der Waals surface area contributed by atoms with E-state index in [1.54, 1.807) is 0 Å². The Balaban J connectivity index is 1.85. The zero-order valence-electron chi connectivity index (χ0n) is 15.5. The van der Waals surface area contributed by atoms with Gasteiger partial charge < -0.3 is 9.72 Å². The normalized spacial score (nSPS) is 11.3. The second-order valence-corrected chi connectivity index (χ2v) is 7.57. The highest BCUT2D eigenvalue weighted by molar-refractivity contribution is 9.10. The first-order chi connectivity index (χ1) is 13.0. The molecule has 136 valence electrons. The average molecular weight is 422 g/mol. The molecule has 27 heavy (non-hydrogen) atoms. The van der Waals surface area contributed by atoms with Crippen LogP contribution in [0.25, 0.3) is 21.7 Å². The lowest BCUT2D eigenvalue weighted by atomic mass is 10.0. The van der Waals surface area contributed by atoms with E-state index in [-0.39, 0.29) is 5.43 Å². The molecule has 0 amide bonds. The maximum Gasteiger partial charge on any atom is 0.192 e. The second kappa shape index (κ2) is 6.86. The van der Waals surface area contributed by atoms with Gasteiger partial charge in [-0.2, -0.15) is 0 Å². The van der Waals surface area contributed by atoms with Gasteiger partial charge in [0.05, 0.1) is 9.99 Å². The highest BCUT2D eigenvalue weighted by Gasteiger charge is 2.13. The molecule has 4 aromatic rings. The molecular formula is C23H20BrNO2. The van der Waals surface area contributed by atoms with Gasteiger partial charge in [-0.1, -0.05) is 37.3 Å². The summed E-state index contributed by atoms with van der Waals surface area (Å²) in [5, 5.41) is 2.90. The summed E-state index contributed by atoms with van der Waals surface area (Å²) in [6.45, 7) is 5.92. The number of nitrogens with one attached hydrogen (secondary N) is 1. The fourth-order valence-corrected chi connectivity index (χ4v) is 4.09. The van der Waals surface area contributed by atoms with E-state index in [4.69, 9.17) is 4.74 Å². The smallest absolute Gasteiger partial charge is 0.192 e. The molecule has 4 heteroatoms. The number of aryl methyl sites for hydroxylation is 2. The van der Waals surface area contributed by atoms with Crippen LogP contribution in [0.5, 0.6) is 11.5 Å². The molecular weight excluding hydrogens is 402 g/mol. The third kappa shape index (κ3) is 3.04. The van der Waals surface area contributed by atoms with Crippen molar-refractivity contribution in [3.63, 3.8) is 0 Å². The van der Waals surface area contributed by atoms with E-state index >= 15 is 0 Å². The number of fused-ring (bicyclic) bond motifs is 2. The van der Waals surface area contributed by atoms with Gasteiger partial charge in [-0.25, -0.2) is 0 Å². The summed E-state index contributed by atoms with van der Waals surface area (Å²) in [5.41, 5.74) is 3.69. The minimum absolute atomic E-state index is 0.0618. The maximum atomic E-state index is 12.8. The van der Waals surface area contributed by atoms with Gasteiger partial charge in [0.2, 0.25) is 0 Å². The van der Waals surface area contributed by atoms with Crippen molar-refractivity contribution in [2.24, 2.45) is 0 Å². The quantitative estimate of drug-likeness (QED) is 0.414. The molecule has 0 saturated carbocycles. The first kappa shape index (κ1) is 17.8. The zero-order chi connectivity index (χ0) is 19.1. The molecule has 1 heterocycles. The highest BCUT2D eigenvalue weighted by Crippen LogP contribution is 2.36. The third-order valence-corrected chi connectivity index (χ3v) is 5.85. The summed E-state index contributed by atoms with van der Waals surface area (Å²) in [4.78, 5) is 16.2. The molecule has 0 radical (unpaired) electrons. The van der Waals surface area contributed by atoms with E-state index in [0.29, 0.717) is 11.1 Å². The van der Waals surface area contributed by atoms with E-state index < -0.39 is 0 Å². The zero-order valence-corrected chi connectivity index (χ0v) is 17.1. The van der Waals surface area contributed by atoms with Crippen molar-refractivity contribution in [1.29, 1.82) is 0 Å². The summed E-state index contributed by atoms with van der Waals surface area (Å²) >= 11 is 3.66. The number of rotatable bonds is 3. The van der Waals surface area contributed by atoms with Crippen molar-refractivity contribution < 1.29 is 4.74 Å². The van der Waals surface area contributed by atoms with Crippen LogP contribution < -0.4 is 10.2 Å². The summed E-state index contributed by atoms with van der Waals surface area (Å²) in [7, 11) is 0. The fraction of sp³-hybridized carbons (Fsp3) is 0.174. The van der Waals surface area contributed by atoms with Crippen molar-refractivity contribution in [2.45, 2.75) is 27.2 Å². The van der Waals surface area contributed by atoms with Crippen LogP contribution in [0, 0.1) is 13.8 Å². The minimum Gasteiger partial charge on any atom is -0.456 e. The number of ether oxygens (including phenoxy) is 1. The molecule has 4 rings (SSSR count). The molecule has 0 aliphatic carbocycles. The number of pyridine rings is 1. The first-order valence-electron chi connectivity index (χ1n) is 9.00. The molecule has 0 atom stereocenters. The molecule has 0 saturated heterocycles. The van der Waals surface area contributed by atoms with Crippen molar-refractivity contribution >= 4 is 37.6 Å². The second-order valence-electron chi connectivity index (χ2n) is 6.77. The Labute approximate surface area is 166 Å². The van der Waals surface area contributed by atoms with Crippen LogP contribution in [-0.2, 0) is 6.42 Å². The van der Waals surface area contributed by atoms with Gasteiger partial charge in [-0.3, -0.25) is 4.79 Å². The maximum absolute atomic E-state index is 12.8. The van der Waals surface area contributed by atoms with Crippen molar-refractivity contribution in [3.8, 4) is 11.5 Å². The fourth-order valence-electron chi connectivity index (χ4n) is 3.51. The lowest BCUT2D eigenvalue weighted by molar-refractivity contribution is 0.481. The Bertz CT molecular complexity index is 1240. The van der Waals surface area contributed by atoms with E-state index in [0.717, 1.165) is 49.8 Å². The van der Waals surface area contributed by atoms with Gasteiger partial charge in [0.15, 0.2) is 5.43 Å². The Morgan fingerprint density at radius 3 is 2.59 bits per heavy atom. The van der Waals surface area contributed by atoms with Crippen molar-refractivity contribution in [1.82, 2.24) is 4.98 Å². The summed E-state index contributed by atoms with van der Waals surface area (Å²) < 4.78 is 7.07. The summed E-state index contributed by atoms with van der Waals surface area (Å²) in [5.74, 6) is 1.39. The number of hydrogen-bond acceptors (Lipinski definition) is 2. The van der Waals surface area contributed by atoms with E-state index in [1.807, 2.05) is 57.2 Å². The van der Waals surface area contributed by atoms with Gasteiger partial charge in [0.1, 0.15) is 11.5 Å². The molecule has 0 fully saturated rings. The number of H-pyrrole nitrogens is 1. The Kier molecular flexibility index (Phi) is 4.52. The molecule has 0 unspecified atom stereocenters. The van der Waals surface area contributed by atoms with Gasteiger partial charge in [0.25, 0.3) is 0 Å². The molecule has 0 bridgehead atoms. The SMILES string of the molecule is CCc1[nH]c2c(C)cc(Oc3ccc4ccccc4c3Br)cc2c(=O)c1C. The standard InChI is InChI=1S/C23H20BrNO2/c1-4-19-14(3)23(26)18-12-16(11-13(2)22(18)25-19)27-20-10-9-15-7-5-6-8-17(15)21(20)24/h5-12H,4H2,1-3H3,(H,25,26). The predicted octanol–water partition coefficient (Wildman–Crippen LogP) is 6.42. The first-order valence-corrected chi connectivity index (χ1v) is 9.80. The third-order valence-electron chi connectivity index (χ3n) is 5.03. The highest BCUT2D eigenvalue weighted by atomic mass is 79.9. The molecule has 1 aromatic heterocycles. The number of aromatic amines is 1. The van der Waals surface area contributed by atoms with Gasteiger partial charge in [-0.05, 0) is 70.7 Å². The predicted molar refractivity (Wildman–Crippen MR) is 115 cm³/mol. The van der Waals surface area contributed by atoms with Crippen LogP contribution in [0.4, 0.5) is 0 Å². The largest absolute Gasteiger partial charge is 0.456 e. The molecule has 3 aromatic carbocycles. The lowest BCUT2D eigenvalue weighted by Gasteiger charge is -2.13. The Morgan fingerprint density at radius 2 is 1.81 bits per heavy atom. The Hall–Kier alpha value is -2.59. The molecule has 1 N–H and O–H groups in total. The van der Waals surface area contributed by atoms with Gasteiger partial charge in [-0.15, -0.1) is 0 Å². The summed E-state index contributed by atoms with van der Waals surface area (Å²) in [6, 6.07) is 15.9. The van der Waals surface area contributed by atoms with Crippen LogP contribution in [0.3, 0.4) is 0 Å². The van der Waals surface area contributed by atoms with E-state index in [1.165, 1.54) is 0 Å². The number of benzene rings is 3. The van der Waals surface area contributed by atoms with Gasteiger partial charge >= 0.3 is 0 Å². The average Bonchev–Trinajstić information content (AvgIpc) is 2.67. The van der Waals surface area contributed by atoms with Crippen molar-refractivity contribution in [2.75, 3.05) is 0 Å². The van der Waals surface area contributed by atoms with Crippen LogP contribution in [0.15, 0.2) is 57.8 Å². The van der Waals surface area contributed by atoms with E-state index in [2.05, 4.69) is 33.0 Å². The summed E-state index contributed by atoms with van der Waals surface area (Å²) in [6.07, 6.45) is 0.804. The molecule has 0 aliphatic heterocycles. The molecule has 3 nitrogen and oxygen atoms in total. The van der Waals surface area contributed by atoms with Crippen LogP contribution >= 0.6 is 15.9 Å². The lowest BCUT2D eigenvalue weighted by Crippen LogP contribution is -2.12. The van der Waals surface area contributed by atoms with Crippen LogP contribution in [0.1, 0.15) is 23.7 Å². The monoisotopic (exact) mass is 421 g/mol.